The molecule has 1 saturated carbocycles. The van der Waals surface area contributed by atoms with E-state index in [2.05, 4.69) is 30.8 Å². The van der Waals surface area contributed by atoms with Gasteiger partial charge in [0.05, 0.1) is 32.8 Å². The second-order valence-corrected chi connectivity index (χ2v) is 10.8. The number of methoxy groups -OCH3 is 1. The Kier molecular flexibility index (Phi) is 7.64. The Morgan fingerprint density at radius 3 is 2.66 bits per heavy atom. The first-order valence-electron chi connectivity index (χ1n) is 12.7. The maximum Gasteiger partial charge on any atom is 0.416 e. The molecular weight excluding hydrogens is 493 g/mol. The predicted molar refractivity (Wildman–Crippen MR) is 139 cm³/mol. The van der Waals surface area contributed by atoms with Crippen molar-refractivity contribution in [1.29, 1.82) is 0 Å². The number of carbonyl (C=O) groups is 1. The molecule has 0 radical (unpaired) electrons. The molecule has 4 atom stereocenters. The van der Waals surface area contributed by atoms with Gasteiger partial charge in [-0.3, -0.25) is 4.79 Å². The van der Waals surface area contributed by atoms with Crippen LogP contribution < -0.4 is 10.1 Å². The summed E-state index contributed by atoms with van der Waals surface area (Å²) in [4.78, 5) is 12.7. The van der Waals surface area contributed by atoms with Crippen molar-refractivity contribution in [3.63, 3.8) is 0 Å². The highest BCUT2D eigenvalue weighted by Crippen LogP contribution is 2.53. The quantitative estimate of drug-likeness (QED) is 0.344. The number of amides is 1. The third kappa shape index (κ3) is 5.59. The number of piperidine rings is 1. The van der Waals surface area contributed by atoms with E-state index in [0.717, 1.165) is 37.2 Å². The number of nitrogens with one attached hydrogen (secondary N) is 1. The lowest BCUT2D eigenvalue weighted by Crippen LogP contribution is -2.71. The fourth-order valence-electron chi connectivity index (χ4n) is 6.24. The molecule has 0 bridgehead atoms. The van der Waals surface area contributed by atoms with Gasteiger partial charge in [0.2, 0.25) is 0 Å². The Morgan fingerprint density at radius 2 is 2.00 bits per heavy atom. The van der Waals surface area contributed by atoms with Gasteiger partial charge in [0.15, 0.2) is 0 Å². The maximum absolute atomic E-state index is 12.8. The summed E-state index contributed by atoms with van der Waals surface area (Å²) in [5.41, 5.74) is -1.02. The highest BCUT2D eigenvalue weighted by atomic mass is 19.4. The summed E-state index contributed by atoms with van der Waals surface area (Å²) in [6.45, 7) is 6.08. The van der Waals surface area contributed by atoms with Crippen LogP contribution in [0.3, 0.4) is 0 Å². The Labute approximate surface area is 221 Å². The molecule has 38 heavy (non-hydrogen) atoms. The second kappa shape index (κ2) is 10.5. The average Bonchev–Trinajstić information content (AvgIpc) is 2.87. The summed E-state index contributed by atoms with van der Waals surface area (Å²) >= 11 is 0. The maximum atomic E-state index is 12.8. The normalized spacial score (nSPS) is 28.8. The summed E-state index contributed by atoms with van der Waals surface area (Å²) in [6, 6.07) is 12.0. The molecule has 202 valence electrons. The fourth-order valence-corrected chi connectivity index (χ4v) is 6.24. The van der Waals surface area contributed by atoms with Crippen LogP contribution in [0.5, 0.6) is 5.75 Å². The average molecular weight is 528 g/mol. The summed E-state index contributed by atoms with van der Waals surface area (Å²) in [6.07, 6.45) is -0.172. The van der Waals surface area contributed by atoms with Crippen molar-refractivity contribution in [2.24, 2.45) is 0 Å². The van der Waals surface area contributed by atoms with Crippen molar-refractivity contribution in [2.45, 2.75) is 48.9 Å². The zero-order chi connectivity index (χ0) is 27.6. The molecular formula is C30H34F3N2O3+. The van der Waals surface area contributed by atoms with Crippen LogP contribution in [-0.2, 0) is 16.4 Å². The van der Waals surface area contributed by atoms with Gasteiger partial charge in [-0.05, 0) is 67.3 Å². The molecule has 1 aliphatic heterocycles. The van der Waals surface area contributed by atoms with Crippen LogP contribution in [0.25, 0.3) is 0 Å². The molecule has 1 amide bonds. The molecule has 8 heteroatoms. The number of halogens is 3. The van der Waals surface area contributed by atoms with Crippen molar-refractivity contribution < 1.29 is 32.3 Å². The van der Waals surface area contributed by atoms with Crippen LogP contribution in [-0.4, -0.2) is 60.9 Å². The van der Waals surface area contributed by atoms with Gasteiger partial charge >= 0.3 is 6.18 Å². The van der Waals surface area contributed by atoms with Crippen molar-refractivity contribution in [2.75, 3.05) is 33.8 Å². The Morgan fingerprint density at radius 1 is 1.26 bits per heavy atom. The Bertz CT molecular complexity index is 1250. The minimum absolute atomic E-state index is 0.216. The van der Waals surface area contributed by atoms with Gasteiger partial charge in [0, 0.05) is 29.4 Å². The Hall–Kier alpha value is -3.28. The van der Waals surface area contributed by atoms with Crippen LogP contribution in [0.4, 0.5) is 13.2 Å². The third-order valence-corrected chi connectivity index (χ3v) is 8.17. The molecule has 5 nitrogen and oxygen atoms in total. The number of carbonyl (C=O) groups excluding carboxylic acids is 1. The lowest BCUT2D eigenvalue weighted by atomic mass is 9.55. The van der Waals surface area contributed by atoms with E-state index in [1.165, 1.54) is 12.1 Å². The molecule has 2 fully saturated rings. The van der Waals surface area contributed by atoms with Gasteiger partial charge in [-0.1, -0.05) is 24.6 Å². The number of fused-ring (bicyclic) bond motifs is 1. The largest absolute Gasteiger partial charge is 0.497 e. The van der Waals surface area contributed by atoms with Crippen LogP contribution in [0, 0.1) is 11.8 Å². The molecule has 0 spiro atoms. The van der Waals surface area contributed by atoms with E-state index in [4.69, 9.17) is 4.74 Å². The van der Waals surface area contributed by atoms with Crippen molar-refractivity contribution >= 4 is 5.91 Å². The van der Waals surface area contributed by atoms with Gasteiger partial charge in [-0.15, -0.1) is 0 Å². The highest BCUT2D eigenvalue weighted by Gasteiger charge is 2.61. The monoisotopic (exact) mass is 527 g/mol. The molecule has 2 aromatic rings. The zero-order valence-corrected chi connectivity index (χ0v) is 21.8. The van der Waals surface area contributed by atoms with Gasteiger partial charge in [0.25, 0.3) is 5.91 Å². The zero-order valence-electron chi connectivity index (χ0n) is 21.8. The number of hydrogen-bond donors (Lipinski definition) is 2. The first kappa shape index (κ1) is 27.7. The van der Waals surface area contributed by atoms with E-state index in [1.807, 2.05) is 30.3 Å². The molecule has 0 aromatic heterocycles. The predicted octanol–water partition coefficient (Wildman–Crippen LogP) is 4.44. The first-order valence-corrected chi connectivity index (χ1v) is 12.7. The molecule has 4 rings (SSSR count). The van der Waals surface area contributed by atoms with E-state index < -0.39 is 28.7 Å². The standard InChI is InChI=1S/C30H33F3N2O3/c1-4-17-35(2)18-16-28(24-6-5-7-26(19-24)38-3)20-25(14-15-29(28,37)21-35)34-27(36)13-10-22-8-11-23(12-9-22)30(31,32)33/h4-9,11-12,19,25,37H,1,14-18,20-21H2,2-3H3/p+1/t25-,28+,29?,35+/m1/s1. The minimum atomic E-state index is -4.42. The van der Waals surface area contributed by atoms with Crippen LogP contribution in [0.1, 0.15) is 42.4 Å². The third-order valence-electron chi connectivity index (χ3n) is 8.17. The molecule has 1 aliphatic carbocycles. The Balaban J connectivity index is 1.56. The van der Waals surface area contributed by atoms with Gasteiger partial charge in [-0.25, -0.2) is 0 Å². The van der Waals surface area contributed by atoms with E-state index in [1.54, 1.807) is 7.11 Å². The highest BCUT2D eigenvalue weighted by molar-refractivity contribution is 5.94. The summed E-state index contributed by atoms with van der Waals surface area (Å²) in [5, 5.41) is 15.2. The molecule has 2 aliphatic rings. The SMILES string of the molecule is C=CC[N@@+]1(C)CC[C@@]2(c3cccc(OC)c3)C[C@H](NC(=O)C#Cc3ccc(C(F)(F)F)cc3)CCC2(O)C1. The number of likely N-dealkylation sites (N-methyl/N-ethyl adjacent to an activating group) is 1. The number of likely N-dealkylation sites (tertiary alicyclic amines) is 1. The van der Waals surface area contributed by atoms with Crippen LogP contribution in [0.15, 0.2) is 61.2 Å². The fraction of sp³-hybridized carbons (Fsp3) is 0.433. The number of benzene rings is 2. The number of hydrogen-bond acceptors (Lipinski definition) is 3. The van der Waals surface area contributed by atoms with E-state index >= 15 is 0 Å². The lowest BCUT2D eigenvalue weighted by molar-refractivity contribution is -0.918. The number of alkyl halides is 3. The van der Waals surface area contributed by atoms with Crippen molar-refractivity contribution in [3.05, 3.63) is 77.9 Å². The topological polar surface area (TPSA) is 58.6 Å². The number of ether oxygens (including phenoxy) is 1. The van der Waals surface area contributed by atoms with Crippen molar-refractivity contribution in [3.8, 4) is 17.6 Å². The summed E-state index contributed by atoms with van der Waals surface area (Å²) in [7, 11) is 3.75. The summed E-state index contributed by atoms with van der Waals surface area (Å²) < 4.78 is 44.5. The van der Waals surface area contributed by atoms with E-state index in [0.29, 0.717) is 41.6 Å². The second-order valence-electron chi connectivity index (χ2n) is 10.8. The lowest BCUT2D eigenvalue weighted by Gasteiger charge is -2.59. The van der Waals surface area contributed by atoms with Crippen LogP contribution in [0.2, 0.25) is 0 Å². The van der Waals surface area contributed by atoms with E-state index in [9.17, 15) is 23.1 Å². The molecule has 1 heterocycles. The van der Waals surface area contributed by atoms with E-state index in [-0.39, 0.29) is 6.04 Å². The summed E-state index contributed by atoms with van der Waals surface area (Å²) in [5.74, 6) is 5.37. The smallest absolute Gasteiger partial charge is 0.416 e. The number of quaternary nitrogens is 1. The van der Waals surface area contributed by atoms with Gasteiger partial charge < -0.3 is 19.6 Å². The number of aliphatic hydroxyl groups is 1. The van der Waals surface area contributed by atoms with Crippen molar-refractivity contribution in [1.82, 2.24) is 5.32 Å². The van der Waals surface area contributed by atoms with Crippen LogP contribution >= 0.6 is 0 Å². The number of rotatable bonds is 5. The van der Waals surface area contributed by atoms with Gasteiger partial charge in [-0.2, -0.15) is 13.2 Å². The number of nitrogens with zero attached hydrogens (tertiary/aromatic N) is 1. The minimum Gasteiger partial charge on any atom is -0.497 e. The first-order chi connectivity index (χ1) is 17.9. The molecule has 1 unspecified atom stereocenters. The van der Waals surface area contributed by atoms with Gasteiger partial charge in [0.1, 0.15) is 17.9 Å². The molecule has 2 N–H and O–H groups in total. The molecule has 2 aromatic carbocycles. The molecule has 1 saturated heterocycles.